The van der Waals surface area contributed by atoms with Gasteiger partial charge in [0.05, 0.1) is 0 Å². The van der Waals surface area contributed by atoms with Crippen molar-refractivity contribution in [2.75, 3.05) is 31.5 Å². The summed E-state index contributed by atoms with van der Waals surface area (Å²) >= 11 is 0. The third-order valence-electron chi connectivity index (χ3n) is 9.92. The van der Waals surface area contributed by atoms with Crippen LogP contribution in [-0.4, -0.2) is 81.5 Å². The Morgan fingerprint density at radius 2 is 1.45 bits per heavy atom. The Bertz CT molecular complexity index is 1790. The van der Waals surface area contributed by atoms with E-state index in [0.29, 0.717) is 50.3 Å². The third kappa shape index (κ3) is 8.90. The lowest BCUT2D eigenvalue weighted by atomic mass is 9.95. The fourth-order valence-corrected chi connectivity index (χ4v) is 7.08. The first kappa shape index (κ1) is 35.5. The normalized spacial score (nSPS) is 15.8. The third-order valence-corrected chi connectivity index (χ3v) is 9.92. The number of nitrogens with zero attached hydrogens (tertiary/aromatic N) is 4. The van der Waals surface area contributed by atoms with E-state index in [4.69, 9.17) is 0 Å². The summed E-state index contributed by atoms with van der Waals surface area (Å²) in [5.74, 6) is -1.02. The van der Waals surface area contributed by atoms with Gasteiger partial charge in [-0.05, 0) is 66.1 Å². The van der Waals surface area contributed by atoms with Gasteiger partial charge in [0.1, 0.15) is 17.8 Å². The highest BCUT2D eigenvalue weighted by molar-refractivity contribution is 6.00. The molecule has 0 spiro atoms. The molecular weight excluding hydrogens is 642 g/mol. The Balaban J connectivity index is 1.10. The summed E-state index contributed by atoms with van der Waals surface area (Å²) in [6, 6.07) is 26.0. The van der Waals surface area contributed by atoms with Gasteiger partial charge in [0.2, 0.25) is 17.7 Å². The topological polar surface area (TPSA) is 129 Å². The van der Waals surface area contributed by atoms with Crippen LogP contribution in [0.3, 0.4) is 0 Å². The molecule has 3 aromatic carbocycles. The largest absolute Gasteiger partial charge is 0.344 e. The first-order valence-electron chi connectivity index (χ1n) is 17.9. The number of anilines is 1. The second-order valence-electron chi connectivity index (χ2n) is 13.4. The fourth-order valence-electron chi connectivity index (χ4n) is 7.08. The standard InChI is InChI=1S/C40H47N7O4/c1-3-36(48)43-34(40(51)46-22-20-45(21-23-46)27-29-10-6-5-7-11-29)24-28-14-16-33(17-15-28)42-39(50)37(32-25-30-12-8-9-13-31(30)26-32)44-38(49)35-18-19-41-47(35)4-2/h5-19,32,34,37H,3-4,20-27H2,1-2H3,(H,42,50)(H,43,48)(H,44,49)/t34?,37-/m0/s1. The van der Waals surface area contributed by atoms with Crippen molar-refractivity contribution in [3.63, 3.8) is 0 Å². The summed E-state index contributed by atoms with van der Waals surface area (Å²) < 4.78 is 1.61. The molecule has 0 saturated carbocycles. The molecule has 1 saturated heterocycles. The number of carbonyl (C=O) groups is 4. The Labute approximate surface area is 299 Å². The molecular formula is C40H47N7O4. The molecule has 0 radical (unpaired) electrons. The molecule has 4 aromatic rings. The Kier molecular flexibility index (Phi) is 11.6. The van der Waals surface area contributed by atoms with E-state index in [-0.39, 0.29) is 36.0 Å². The molecule has 1 aliphatic carbocycles. The van der Waals surface area contributed by atoms with Crippen LogP contribution in [0.15, 0.2) is 91.1 Å². The van der Waals surface area contributed by atoms with E-state index in [2.05, 4.69) is 50.2 Å². The second kappa shape index (κ2) is 16.6. The molecule has 1 aromatic heterocycles. The van der Waals surface area contributed by atoms with Crippen LogP contribution in [0.2, 0.25) is 0 Å². The predicted molar refractivity (Wildman–Crippen MR) is 196 cm³/mol. The van der Waals surface area contributed by atoms with Gasteiger partial charge in [0.15, 0.2) is 0 Å². The number of carbonyl (C=O) groups excluding carboxylic acids is 4. The van der Waals surface area contributed by atoms with Gasteiger partial charge in [-0.3, -0.25) is 28.8 Å². The van der Waals surface area contributed by atoms with Crippen LogP contribution in [0.1, 0.15) is 53.0 Å². The zero-order valence-electron chi connectivity index (χ0n) is 29.4. The van der Waals surface area contributed by atoms with Crippen LogP contribution in [0.5, 0.6) is 0 Å². The van der Waals surface area contributed by atoms with Gasteiger partial charge < -0.3 is 20.9 Å². The lowest BCUT2D eigenvalue weighted by Crippen LogP contribution is -2.55. The van der Waals surface area contributed by atoms with Crippen LogP contribution in [0.4, 0.5) is 5.69 Å². The number of hydrogen-bond acceptors (Lipinski definition) is 6. The van der Waals surface area contributed by atoms with Gasteiger partial charge >= 0.3 is 0 Å². The molecule has 11 heteroatoms. The molecule has 0 bridgehead atoms. The summed E-state index contributed by atoms with van der Waals surface area (Å²) in [5.41, 5.74) is 5.45. The van der Waals surface area contributed by atoms with Crippen molar-refractivity contribution in [2.45, 2.75) is 64.7 Å². The molecule has 6 rings (SSSR count). The minimum atomic E-state index is -0.774. The minimum Gasteiger partial charge on any atom is -0.344 e. The summed E-state index contributed by atoms with van der Waals surface area (Å²) in [6.45, 7) is 7.78. The molecule has 11 nitrogen and oxygen atoms in total. The molecule has 1 unspecified atom stereocenters. The quantitative estimate of drug-likeness (QED) is 0.196. The molecule has 1 fully saturated rings. The summed E-state index contributed by atoms with van der Waals surface area (Å²) in [5, 5.41) is 13.2. The molecule has 51 heavy (non-hydrogen) atoms. The number of amides is 4. The predicted octanol–water partition coefficient (Wildman–Crippen LogP) is 3.84. The van der Waals surface area contributed by atoms with Crippen molar-refractivity contribution in [2.24, 2.45) is 5.92 Å². The van der Waals surface area contributed by atoms with Crippen LogP contribution in [0, 0.1) is 5.92 Å². The first-order chi connectivity index (χ1) is 24.8. The number of rotatable bonds is 13. The van der Waals surface area contributed by atoms with Crippen LogP contribution < -0.4 is 16.0 Å². The molecule has 3 N–H and O–H groups in total. The van der Waals surface area contributed by atoms with Crippen molar-refractivity contribution in [3.05, 3.63) is 119 Å². The van der Waals surface area contributed by atoms with Gasteiger partial charge in [-0.1, -0.05) is 73.7 Å². The van der Waals surface area contributed by atoms with Gasteiger partial charge in [-0.15, -0.1) is 0 Å². The van der Waals surface area contributed by atoms with Gasteiger partial charge in [0, 0.05) is 64.0 Å². The summed E-state index contributed by atoms with van der Waals surface area (Å²) in [7, 11) is 0. The molecule has 2 heterocycles. The Morgan fingerprint density at radius 1 is 0.784 bits per heavy atom. The van der Waals surface area contributed by atoms with Crippen molar-refractivity contribution < 1.29 is 19.2 Å². The molecule has 2 atom stereocenters. The van der Waals surface area contributed by atoms with Crippen molar-refractivity contribution in [3.8, 4) is 0 Å². The van der Waals surface area contributed by atoms with Gasteiger partial charge in [-0.2, -0.15) is 5.10 Å². The molecule has 2 aliphatic rings. The Hall–Kier alpha value is -5.29. The second-order valence-corrected chi connectivity index (χ2v) is 13.4. The zero-order chi connectivity index (χ0) is 35.7. The highest BCUT2D eigenvalue weighted by Crippen LogP contribution is 2.29. The summed E-state index contributed by atoms with van der Waals surface area (Å²) in [4.78, 5) is 57.6. The Morgan fingerprint density at radius 3 is 2.10 bits per heavy atom. The van der Waals surface area contributed by atoms with E-state index >= 15 is 0 Å². The van der Waals surface area contributed by atoms with Crippen molar-refractivity contribution in [1.82, 2.24) is 30.2 Å². The number of benzene rings is 3. The van der Waals surface area contributed by atoms with E-state index in [0.717, 1.165) is 25.2 Å². The van der Waals surface area contributed by atoms with E-state index in [9.17, 15) is 19.2 Å². The van der Waals surface area contributed by atoms with E-state index in [1.807, 2.05) is 54.3 Å². The molecule has 266 valence electrons. The average Bonchev–Trinajstić information content (AvgIpc) is 3.82. The lowest BCUT2D eigenvalue weighted by Gasteiger charge is -2.36. The highest BCUT2D eigenvalue weighted by Gasteiger charge is 2.35. The maximum Gasteiger partial charge on any atom is 0.270 e. The van der Waals surface area contributed by atoms with Crippen molar-refractivity contribution in [1.29, 1.82) is 0 Å². The monoisotopic (exact) mass is 689 g/mol. The number of nitrogens with one attached hydrogen (secondary N) is 3. The van der Waals surface area contributed by atoms with Crippen LogP contribution in [-0.2, 0) is 46.7 Å². The van der Waals surface area contributed by atoms with E-state index in [1.165, 1.54) is 16.7 Å². The lowest BCUT2D eigenvalue weighted by molar-refractivity contribution is -0.138. The van der Waals surface area contributed by atoms with E-state index in [1.54, 1.807) is 36.0 Å². The maximum atomic E-state index is 13.9. The fraction of sp³-hybridized carbons (Fsp3) is 0.375. The average molecular weight is 690 g/mol. The van der Waals surface area contributed by atoms with Crippen LogP contribution in [0.25, 0.3) is 0 Å². The number of piperazine rings is 1. The number of aryl methyl sites for hydroxylation is 1. The maximum absolute atomic E-state index is 13.9. The summed E-state index contributed by atoms with van der Waals surface area (Å²) in [6.07, 6.45) is 3.56. The van der Waals surface area contributed by atoms with Gasteiger partial charge in [0.25, 0.3) is 5.91 Å². The minimum absolute atomic E-state index is 0.0888. The van der Waals surface area contributed by atoms with Gasteiger partial charge in [-0.25, -0.2) is 0 Å². The van der Waals surface area contributed by atoms with Crippen LogP contribution >= 0.6 is 0 Å². The number of fused-ring (bicyclic) bond motifs is 1. The molecule has 1 aliphatic heterocycles. The number of aromatic nitrogens is 2. The first-order valence-corrected chi connectivity index (χ1v) is 17.9. The zero-order valence-corrected chi connectivity index (χ0v) is 29.4. The highest BCUT2D eigenvalue weighted by atomic mass is 16.2. The van der Waals surface area contributed by atoms with Crippen molar-refractivity contribution >= 4 is 29.3 Å². The van der Waals surface area contributed by atoms with E-state index < -0.39 is 12.1 Å². The smallest absolute Gasteiger partial charge is 0.270 e. The molecule has 4 amide bonds. The SMILES string of the molecule is CCC(=O)NC(Cc1ccc(NC(=O)[C@@H](NC(=O)c2ccnn2CC)C2Cc3ccccc3C2)cc1)C(=O)N1CCN(Cc2ccccc2)CC1. The number of hydrogen-bond donors (Lipinski definition) is 3.